The van der Waals surface area contributed by atoms with E-state index >= 15 is 0 Å². The van der Waals surface area contributed by atoms with E-state index in [4.69, 9.17) is 4.52 Å². The molecule has 0 aliphatic carbocycles. The predicted molar refractivity (Wildman–Crippen MR) is 43.5 cm³/mol. The molecule has 0 unspecified atom stereocenters. The van der Waals surface area contributed by atoms with E-state index in [2.05, 4.69) is 9.40 Å². The van der Waals surface area contributed by atoms with Gasteiger partial charge in [-0.1, -0.05) is 12.1 Å². The van der Waals surface area contributed by atoms with Crippen LogP contribution in [0.3, 0.4) is 0 Å². The summed E-state index contributed by atoms with van der Waals surface area (Å²) in [6, 6.07) is 7.31. The van der Waals surface area contributed by atoms with Gasteiger partial charge in [0.2, 0.25) is 0 Å². The molecule has 0 atom stereocenters. The Morgan fingerprint density at radius 2 is 2.15 bits per heavy atom. The van der Waals surface area contributed by atoms with Gasteiger partial charge in [-0.25, -0.2) is 4.79 Å². The Morgan fingerprint density at radius 3 is 3.08 bits per heavy atom. The second kappa shape index (κ2) is 2.01. The minimum Gasteiger partial charge on any atom is -0.355 e. The van der Waals surface area contributed by atoms with Crippen LogP contribution < -0.4 is 5.82 Å². The molecule has 3 aromatic rings. The molecule has 5 nitrogen and oxygen atoms in total. The first-order chi connectivity index (χ1) is 6.34. The number of hydrogen-bond donors (Lipinski definition) is 0. The molecule has 5 heteroatoms. The summed E-state index contributed by atoms with van der Waals surface area (Å²) in [5, 5.41) is 0. The number of imidazole rings is 1. The lowest BCUT2D eigenvalue weighted by molar-refractivity contribution is 0.314. The number of fused-ring (bicyclic) bond motifs is 3. The number of para-hydroxylation sites is 2. The third-order valence-electron chi connectivity index (χ3n) is 1.83. The number of nitrogens with zero attached hydrogens (tertiary/aromatic N) is 2. The van der Waals surface area contributed by atoms with Gasteiger partial charge < -0.3 is 4.42 Å². The molecule has 0 aliphatic heterocycles. The summed E-state index contributed by atoms with van der Waals surface area (Å²) in [7, 11) is 0. The van der Waals surface area contributed by atoms with Crippen LogP contribution in [0.1, 0.15) is 0 Å². The van der Waals surface area contributed by atoms with Crippen LogP contribution in [0.5, 0.6) is 0 Å². The Morgan fingerprint density at radius 1 is 1.31 bits per heavy atom. The molecule has 2 heterocycles. The lowest BCUT2D eigenvalue weighted by Gasteiger charge is -1.83. The van der Waals surface area contributed by atoms with Crippen LogP contribution in [-0.2, 0) is 0 Å². The van der Waals surface area contributed by atoms with Crippen molar-refractivity contribution in [2.45, 2.75) is 0 Å². The molecule has 0 spiro atoms. The van der Waals surface area contributed by atoms with Gasteiger partial charge in [-0.3, -0.25) is 4.52 Å². The van der Waals surface area contributed by atoms with E-state index in [1.54, 1.807) is 6.07 Å². The maximum atomic E-state index is 10.7. The zero-order valence-electron chi connectivity index (χ0n) is 6.43. The van der Waals surface area contributed by atoms with Crippen LogP contribution in [0.4, 0.5) is 0 Å². The van der Waals surface area contributed by atoms with Crippen molar-refractivity contribution in [1.82, 2.24) is 9.56 Å². The Bertz CT molecular complexity index is 631. The average molecular weight is 176 g/mol. The van der Waals surface area contributed by atoms with E-state index in [-0.39, 0.29) is 5.84 Å². The van der Waals surface area contributed by atoms with Gasteiger partial charge in [0.15, 0.2) is 0 Å². The fraction of sp³-hybridized carbons (Fsp3) is 0. The summed E-state index contributed by atoms with van der Waals surface area (Å²) in [4.78, 5) is 14.7. The van der Waals surface area contributed by atoms with Crippen LogP contribution in [0, 0.1) is 0 Å². The van der Waals surface area contributed by atoms with Crippen molar-refractivity contribution >= 4 is 16.9 Å². The number of rotatable bonds is 0. The lowest BCUT2D eigenvalue weighted by Crippen LogP contribution is -1.88. The van der Waals surface area contributed by atoms with Crippen LogP contribution >= 0.6 is 0 Å². The number of hydrogen-bond acceptors (Lipinski definition) is 4. The summed E-state index contributed by atoms with van der Waals surface area (Å²) in [5.74, 6) is -0.556. The lowest BCUT2D eigenvalue weighted by atomic mass is 10.3. The summed E-state index contributed by atoms with van der Waals surface area (Å²) in [6.45, 7) is 0. The molecule has 0 fully saturated rings. The topological polar surface area (TPSA) is 60.7 Å². The fourth-order valence-corrected chi connectivity index (χ4v) is 1.30. The third-order valence-corrected chi connectivity index (χ3v) is 1.83. The highest BCUT2D eigenvalue weighted by Crippen LogP contribution is 2.14. The van der Waals surface area contributed by atoms with Crippen molar-refractivity contribution in [3.63, 3.8) is 0 Å². The fourth-order valence-electron chi connectivity index (χ4n) is 1.30. The molecule has 1 aromatic carbocycles. The second-order valence-corrected chi connectivity index (χ2v) is 2.62. The summed E-state index contributed by atoms with van der Waals surface area (Å²) < 4.78 is 10.7. The predicted octanol–water partition coefficient (Wildman–Crippen LogP) is 1.03. The highest BCUT2D eigenvalue weighted by molar-refractivity contribution is 5.77. The highest BCUT2D eigenvalue weighted by Gasteiger charge is 2.09. The SMILES string of the molecule is O=c1oc2nc3ccccc3n2o1. The first-order valence-electron chi connectivity index (χ1n) is 3.72. The molecule has 0 bridgehead atoms. The maximum absolute atomic E-state index is 10.7. The number of aromatic nitrogens is 2. The van der Waals surface area contributed by atoms with Crippen LogP contribution in [0.2, 0.25) is 0 Å². The van der Waals surface area contributed by atoms with Crippen molar-refractivity contribution < 1.29 is 8.94 Å². The van der Waals surface area contributed by atoms with Crippen LogP contribution in [-0.4, -0.2) is 9.56 Å². The first-order valence-corrected chi connectivity index (χ1v) is 3.72. The Kier molecular flexibility index (Phi) is 0.999. The zero-order chi connectivity index (χ0) is 8.84. The second-order valence-electron chi connectivity index (χ2n) is 2.62. The zero-order valence-corrected chi connectivity index (χ0v) is 6.43. The molecule has 0 saturated carbocycles. The largest absolute Gasteiger partial charge is 0.542 e. The summed E-state index contributed by atoms with van der Waals surface area (Å²) in [6.07, 6.45) is 0. The van der Waals surface area contributed by atoms with Crippen LogP contribution in [0.25, 0.3) is 16.9 Å². The van der Waals surface area contributed by atoms with Gasteiger partial charge in [0.25, 0.3) is 0 Å². The van der Waals surface area contributed by atoms with Crippen molar-refractivity contribution in [2.24, 2.45) is 0 Å². The first kappa shape index (κ1) is 6.47. The van der Waals surface area contributed by atoms with E-state index in [1.807, 2.05) is 18.2 Å². The standard InChI is InChI=1S/C8H4N2O3/c11-8-12-7-9-5-3-1-2-4-6(5)10(7)13-8/h1-4H. The quantitative estimate of drug-likeness (QED) is 0.513. The van der Waals surface area contributed by atoms with Gasteiger partial charge in [0, 0.05) is 0 Å². The van der Waals surface area contributed by atoms with Gasteiger partial charge in [-0.15, -0.1) is 4.57 Å². The van der Waals surface area contributed by atoms with E-state index in [9.17, 15) is 4.79 Å². The Balaban J connectivity index is 2.67. The molecule has 0 radical (unpaired) electrons. The minimum absolute atomic E-state index is 0.186. The average Bonchev–Trinajstić information content (AvgIpc) is 2.60. The van der Waals surface area contributed by atoms with Gasteiger partial charge in [-0.2, -0.15) is 4.98 Å². The molecule has 0 N–H and O–H groups in total. The van der Waals surface area contributed by atoms with Gasteiger partial charge in [-0.05, 0) is 12.1 Å². The Hall–Kier alpha value is -2.04. The van der Waals surface area contributed by atoms with Crippen molar-refractivity contribution in [1.29, 1.82) is 0 Å². The summed E-state index contributed by atoms with van der Waals surface area (Å²) in [5.41, 5.74) is 1.47. The number of benzene rings is 1. The monoisotopic (exact) mass is 176 g/mol. The minimum atomic E-state index is -0.742. The molecule has 3 rings (SSSR count). The highest BCUT2D eigenvalue weighted by atomic mass is 16.6. The smallest absolute Gasteiger partial charge is 0.355 e. The molecule has 0 amide bonds. The third kappa shape index (κ3) is 0.752. The van der Waals surface area contributed by atoms with E-state index in [1.165, 1.54) is 4.57 Å². The van der Waals surface area contributed by atoms with Gasteiger partial charge in [0.1, 0.15) is 5.52 Å². The van der Waals surface area contributed by atoms with Crippen molar-refractivity contribution in [3.05, 3.63) is 34.9 Å². The molecule has 13 heavy (non-hydrogen) atoms. The van der Waals surface area contributed by atoms with E-state index in [0.29, 0.717) is 0 Å². The molecule has 64 valence electrons. The molecule has 0 aliphatic rings. The van der Waals surface area contributed by atoms with Gasteiger partial charge >= 0.3 is 11.7 Å². The van der Waals surface area contributed by atoms with E-state index in [0.717, 1.165) is 11.0 Å². The Labute approximate surface area is 71.2 Å². The molecule has 0 saturated heterocycles. The maximum Gasteiger partial charge on any atom is 0.542 e. The molecule has 2 aromatic heterocycles. The van der Waals surface area contributed by atoms with Gasteiger partial charge in [0.05, 0.1) is 5.52 Å². The molecular formula is C8H4N2O3. The van der Waals surface area contributed by atoms with Crippen molar-refractivity contribution in [2.75, 3.05) is 0 Å². The normalized spacial score (nSPS) is 11.4. The van der Waals surface area contributed by atoms with Crippen LogP contribution in [0.15, 0.2) is 38.0 Å². The van der Waals surface area contributed by atoms with E-state index < -0.39 is 5.82 Å². The summed E-state index contributed by atoms with van der Waals surface area (Å²) >= 11 is 0. The van der Waals surface area contributed by atoms with Crippen molar-refractivity contribution in [3.8, 4) is 0 Å². The molecular weight excluding hydrogens is 172 g/mol.